The molecule has 40 heavy (non-hydrogen) atoms. The summed E-state index contributed by atoms with van der Waals surface area (Å²) in [5, 5.41) is 3.46. The Labute approximate surface area is 241 Å². The zero-order valence-electron chi connectivity index (χ0n) is 23.1. The van der Waals surface area contributed by atoms with Crippen molar-refractivity contribution in [3.05, 3.63) is 94.8 Å². The number of amides is 2. The van der Waals surface area contributed by atoms with Crippen LogP contribution in [-0.2, 0) is 26.2 Å². The van der Waals surface area contributed by atoms with Gasteiger partial charge >= 0.3 is 0 Å². The van der Waals surface area contributed by atoms with E-state index in [1.807, 2.05) is 20.8 Å². The number of sulfonamides is 1. The minimum Gasteiger partial charge on any atom is -0.352 e. The number of nitrogens with zero attached hydrogens (tertiary/aromatic N) is 2. The van der Waals surface area contributed by atoms with E-state index in [1.165, 1.54) is 29.2 Å². The summed E-state index contributed by atoms with van der Waals surface area (Å²) in [6.45, 7) is 6.91. The Morgan fingerprint density at radius 2 is 1.52 bits per heavy atom. The molecule has 0 aliphatic rings. The number of hydrogen-bond donors (Lipinski definition) is 1. The highest BCUT2D eigenvalue weighted by Gasteiger charge is 2.34. The van der Waals surface area contributed by atoms with Crippen molar-refractivity contribution in [3.8, 4) is 0 Å². The average Bonchev–Trinajstić information content (AvgIpc) is 2.93. The van der Waals surface area contributed by atoms with E-state index in [0.29, 0.717) is 17.9 Å². The molecular formula is C30H35ClFN3O4S. The summed E-state index contributed by atoms with van der Waals surface area (Å²) in [5.74, 6) is -1.45. The number of hydrogen-bond acceptors (Lipinski definition) is 4. The van der Waals surface area contributed by atoms with E-state index in [9.17, 15) is 22.4 Å². The van der Waals surface area contributed by atoms with Gasteiger partial charge in [-0.2, -0.15) is 0 Å². The van der Waals surface area contributed by atoms with E-state index in [4.69, 9.17) is 11.6 Å². The van der Waals surface area contributed by atoms with E-state index in [-0.39, 0.29) is 29.1 Å². The first kappa shape index (κ1) is 31.1. The molecule has 0 aliphatic carbocycles. The van der Waals surface area contributed by atoms with Gasteiger partial charge in [0.15, 0.2) is 0 Å². The van der Waals surface area contributed by atoms with Gasteiger partial charge in [0, 0.05) is 17.6 Å². The quantitative estimate of drug-likeness (QED) is 0.294. The van der Waals surface area contributed by atoms with Crippen LogP contribution in [0.2, 0.25) is 5.02 Å². The molecule has 0 saturated heterocycles. The van der Waals surface area contributed by atoms with Crippen molar-refractivity contribution in [2.45, 2.75) is 64.1 Å². The Kier molecular flexibility index (Phi) is 10.7. The first-order chi connectivity index (χ1) is 19.0. The largest absolute Gasteiger partial charge is 0.352 e. The molecule has 2 unspecified atom stereocenters. The van der Waals surface area contributed by atoms with Crippen molar-refractivity contribution in [2.75, 3.05) is 10.8 Å². The summed E-state index contributed by atoms with van der Waals surface area (Å²) in [5.41, 5.74) is 1.72. The topological polar surface area (TPSA) is 86.8 Å². The van der Waals surface area contributed by atoms with Crippen LogP contribution in [0.25, 0.3) is 0 Å². The smallest absolute Gasteiger partial charge is 0.264 e. The van der Waals surface area contributed by atoms with E-state index in [2.05, 4.69) is 5.32 Å². The van der Waals surface area contributed by atoms with Crippen molar-refractivity contribution >= 4 is 39.1 Å². The molecule has 2 atom stereocenters. The Morgan fingerprint density at radius 1 is 0.925 bits per heavy atom. The van der Waals surface area contributed by atoms with Crippen molar-refractivity contribution in [2.24, 2.45) is 0 Å². The van der Waals surface area contributed by atoms with Crippen LogP contribution in [0.15, 0.2) is 77.7 Å². The molecule has 0 saturated carbocycles. The molecule has 0 aromatic heterocycles. The zero-order valence-corrected chi connectivity index (χ0v) is 24.7. The average molecular weight is 588 g/mol. The fourth-order valence-electron chi connectivity index (χ4n) is 4.12. The number of rotatable bonds is 12. The maximum atomic E-state index is 14.0. The number of nitrogens with one attached hydrogen (secondary N) is 1. The highest BCUT2D eigenvalue weighted by molar-refractivity contribution is 7.92. The predicted molar refractivity (Wildman–Crippen MR) is 156 cm³/mol. The highest BCUT2D eigenvalue weighted by Crippen LogP contribution is 2.25. The molecule has 0 heterocycles. The number of aryl methyl sites for hydroxylation is 1. The van der Waals surface area contributed by atoms with Crippen molar-refractivity contribution in [3.63, 3.8) is 0 Å². The van der Waals surface area contributed by atoms with Crippen LogP contribution in [0.3, 0.4) is 0 Å². The van der Waals surface area contributed by atoms with Gasteiger partial charge < -0.3 is 10.2 Å². The van der Waals surface area contributed by atoms with Crippen LogP contribution < -0.4 is 9.62 Å². The van der Waals surface area contributed by atoms with Crippen LogP contribution in [0.5, 0.6) is 0 Å². The number of anilines is 1. The van der Waals surface area contributed by atoms with Gasteiger partial charge in [-0.25, -0.2) is 12.8 Å². The van der Waals surface area contributed by atoms with Gasteiger partial charge in [-0.15, -0.1) is 0 Å². The van der Waals surface area contributed by atoms with Gasteiger partial charge in [0.05, 0.1) is 10.6 Å². The number of benzene rings is 3. The molecule has 3 aromatic rings. The summed E-state index contributed by atoms with van der Waals surface area (Å²) in [4.78, 5) is 28.7. The van der Waals surface area contributed by atoms with Crippen LogP contribution in [0.1, 0.15) is 44.7 Å². The first-order valence-corrected chi connectivity index (χ1v) is 15.0. The van der Waals surface area contributed by atoms with Crippen molar-refractivity contribution in [1.29, 1.82) is 0 Å². The maximum absolute atomic E-state index is 14.0. The van der Waals surface area contributed by atoms with Gasteiger partial charge in [-0.3, -0.25) is 13.9 Å². The zero-order chi connectivity index (χ0) is 29.4. The molecule has 0 aliphatic heterocycles. The second-order valence-corrected chi connectivity index (χ2v) is 12.0. The standard InChI is InChI=1S/C30H35ClFN3O4S/c1-5-22(4)33-30(37)28(6-2)34(19-23-9-11-24(31)12-10-23)29(36)20-35(26-15-13-25(32)14-16-26)40(38,39)27-17-7-21(3)8-18-27/h7-18,22,28H,5-6,19-20H2,1-4H3,(H,33,37). The summed E-state index contributed by atoms with van der Waals surface area (Å²) in [6.07, 6.45) is 1.02. The molecule has 214 valence electrons. The lowest BCUT2D eigenvalue weighted by molar-refractivity contribution is -0.140. The molecule has 0 radical (unpaired) electrons. The molecule has 3 aromatic carbocycles. The number of carbonyl (C=O) groups excluding carboxylic acids is 2. The Bertz CT molecular complexity index is 1400. The normalized spacial score (nSPS) is 12.8. The van der Waals surface area contributed by atoms with E-state index < -0.39 is 34.3 Å². The fraction of sp³-hybridized carbons (Fsp3) is 0.333. The Hall–Kier alpha value is -3.43. The second-order valence-electron chi connectivity index (χ2n) is 9.69. The van der Waals surface area contributed by atoms with Gasteiger partial charge in [0.25, 0.3) is 10.0 Å². The lowest BCUT2D eigenvalue weighted by atomic mass is 10.1. The lowest BCUT2D eigenvalue weighted by Crippen LogP contribution is -2.53. The van der Waals surface area contributed by atoms with E-state index in [0.717, 1.165) is 27.6 Å². The van der Waals surface area contributed by atoms with Crippen LogP contribution in [0.4, 0.5) is 10.1 Å². The summed E-state index contributed by atoms with van der Waals surface area (Å²) < 4.78 is 42.3. The number of carbonyl (C=O) groups is 2. The third-order valence-corrected chi connectivity index (χ3v) is 8.70. The molecule has 0 fully saturated rings. The Morgan fingerprint density at radius 3 is 2.08 bits per heavy atom. The molecular weight excluding hydrogens is 553 g/mol. The highest BCUT2D eigenvalue weighted by atomic mass is 35.5. The molecule has 1 N–H and O–H groups in total. The molecule has 0 spiro atoms. The second kappa shape index (κ2) is 13.8. The van der Waals surface area contributed by atoms with E-state index in [1.54, 1.807) is 43.3 Å². The minimum absolute atomic E-state index is 0.0129. The number of halogens is 2. The van der Waals surface area contributed by atoms with Crippen LogP contribution in [0, 0.1) is 12.7 Å². The Balaban J connectivity index is 2.04. The van der Waals surface area contributed by atoms with Gasteiger partial charge in [0.2, 0.25) is 11.8 Å². The monoisotopic (exact) mass is 587 g/mol. The molecule has 3 rings (SSSR count). The summed E-state index contributed by atoms with van der Waals surface area (Å²) >= 11 is 6.05. The van der Waals surface area contributed by atoms with Gasteiger partial charge in [-0.05, 0) is 80.8 Å². The fourth-order valence-corrected chi connectivity index (χ4v) is 5.66. The summed E-state index contributed by atoms with van der Waals surface area (Å²) in [6, 6.07) is 17.1. The minimum atomic E-state index is -4.22. The lowest BCUT2D eigenvalue weighted by Gasteiger charge is -2.33. The molecule has 7 nitrogen and oxygen atoms in total. The third kappa shape index (κ3) is 7.82. The van der Waals surface area contributed by atoms with Gasteiger partial charge in [-0.1, -0.05) is 55.3 Å². The van der Waals surface area contributed by atoms with Crippen LogP contribution >= 0.6 is 11.6 Å². The summed E-state index contributed by atoms with van der Waals surface area (Å²) in [7, 11) is -4.22. The molecule has 0 bridgehead atoms. The molecule has 10 heteroatoms. The van der Waals surface area contributed by atoms with Crippen LogP contribution in [-0.4, -0.2) is 43.8 Å². The third-order valence-electron chi connectivity index (χ3n) is 6.66. The SMILES string of the molecule is CCC(C)NC(=O)C(CC)N(Cc1ccc(Cl)cc1)C(=O)CN(c1ccc(F)cc1)S(=O)(=O)c1ccc(C)cc1. The van der Waals surface area contributed by atoms with Crippen molar-refractivity contribution < 1.29 is 22.4 Å². The predicted octanol–water partition coefficient (Wildman–Crippen LogP) is 5.70. The van der Waals surface area contributed by atoms with Crippen molar-refractivity contribution in [1.82, 2.24) is 10.2 Å². The first-order valence-electron chi connectivity index (χ1n) is 13.2. The van der Waals surface area contributed by atoms with E-state index >= 15 is 0 Å². The maximum Gasteiger partial charge on any atom is 0.264 e. The molecule has 2 amide bonds. The van der Waals surface area contributed by atoms with Gasteiger partial charge in [0.1, 0.15) is 18.4 Å².